The predicted octanol–water partition coefficient (Wildman–Crippen LogP) is 2.84. The molecule has 1 aliphatic rings. The SMILES string of the molecule is OCC1CCCC1NCc1ccc(Br)c(F)c1. The van der Waals surface area contributed by atoms with Crippen molar-refractivity contribution in [1.82, 2.24) is 5.32 Å². The highest BCUT2D eigenvalue weighted by Crippen LogP contribution is 2.25. The van der Waals surface area contributed by atoms with Gasteiger partial charge in [-0.3, -0.25) is 0 Å². The van der Waals surface area contributed by atoms with E-state index >= 15 is 0 Å². The van der Waals surface area contributed by atoms with Gasteiger partial charge in [-0.05, 0) is 52.4 Å². The Hall–Kier alpha value is -0.450. The smallest absolute Gasteiger partial charge is 0.137 e. The molecule has 2 atom stereocenters. The Morgan fingerprint density at radius 2 is 2.24 bits per heavy atom. The van der Waals surface area contributed by atoms with Gasteiger partial charge in [0.2, 0.25) is 0 Å². The molecule has 4 heteroatoms. The van der Waals surface area contributed by atoms with Crippen molar-refractivity contribution in [3.63, 3.8) is 0 Å². The molecule has 2 unspecified atom stereocenters. The molecular weight excluding hydrogens is 285 g/mol. The van der Waals surface area contributed by atoms with E-state index in [1.165, 1.54) is 0 Å². The summed E-state index contributed by atoms with van der Waals surface area (Å²) in [6.07, 6.45) is 3.35. The molecule has 0 spiro atoms. The molecule has 1 aromatic rings. The van der Waals surface area contributed by atoms with Gasteiger partial charge in [-0.25, -0.2) is 4.39 Å². The lowest BCUT2D eigenvalue weighted by atomic mass is 10.0. The molecule has 1 aromatic carbocycles. The number of hydrogen-bond donors (Lipinski definition) is 2. The fourth-order valence-corrected chi connectivity index (χ4v) is 2.67. The molecule has 1 aliphatic carbocycles. The van der Waals surface area contributed by atoms with Crippen LogP contribution in [-0.2, 0) is 6.54 Å². The maximum absolute atomic E-state index is 13.3. The highest BCUT2D eigenvalue weighted by molar-refractivity contribution is 9.10. The molecule has 0 amide bonds. The van der Waals surface area contributed by atoms with Gasteiger partial charge in [0.25, 0.3) is 0 Å². The topological polar surface area (TPSA) is 32.3 Å². The molecule has 0 aromatic heterocycles. The van der Waals surface area contributed by atoms with Crippen LogP contribution >= 0.6 is 15.9 Å². The normalized spacial score (nSPS) is 24.2. The number of halogens is 2. The highest BCUT2D eigenvalue weighted by Gasteiger charge is 2.25. The van der Waals surface area contributed by atoms with Gasteiger partial charge in [-0.1, -0.05) is 12.5 Å². The summed E-state index contributed by atoms with van der Waals surface area (Å²) in [6, 6.07) is 5.54. The van der Waals surface area contributed by atoms with Gasteiger partial charge in [0.1, 0.15) is 5.82 Å². The van der Waals surface area contributed by atoms with Crippen LogP contribution in [0, 0.1) is 11.7 Å². The second kappa shape index (κ2) is 5.94. The maximum atomic E-state index is 13.3. The van der Waals surface area contributed by atoms with Gasteiger partial charge in [-0.2, -0.15) is 0 Å². The Morgan fingerprint density at radius 1 is 1.41 bits per heavy atom. The molecule has 1 saturated carbocycles. The van der Waals surface area contributed by atoms with Gasteiger partial charge >= 0.3 is 0 Å². The lowest BCUT2D eigenvalue weighted by Crippen LogP contribution is -2.33. The zero-order valence-electron chi connectivity index (χ0n) is 9.63. The fraction of sp³-hybridized carbons (Fsp3) is 0.538. The van der Waals surface area contributed by atoms with Gasteiger partial charge in [-0.15, -0.1) is 0 Å². The summed E-state index contributed by atoms with van der Waals surface area (Å²) in [5.74, 6) is 0.129. The zero-order valence-corrected chi connectivity index (χ0v) is 11.2. The van der Waals surface area contributed by atoms with Crippen molar-refractivity contribution < 1.29 is 9.50 Å². The zero-order chi connectivity index (χ0) is 12.3. The molecule has 17 heavy (non-hydrogen) atoms. The third kappa shape index (κ3) is 3.27. The second-order valence-corrected chi connectivity index (χ2v) is 5.46. The minimum absolute atomic E-state index is 0.227. The van der Waals surface area contributed by atoms with E-state index in [2.05, 4.69) is 21.2 Å². The first kappa shape index (κ1) is 13.0. The van der Waals surface area contributed by atoms with Crippen LogP contribution < -0.4 is 5.32 Å². The van der Waals surface area contributed by atoms with Crippen LogP contribution in [-0.4, -0.2) is 17.8 Å². The largest absolute Gasteiger partial charge is 0.396 e. The number of aliphatic hydroxyl groups excluding tert-OH is 1. The van der Waals surface area contributed by atoms with Crippen molar-refractivity contribution >= 4 is 15.9 Å². The first-order valence-corrected chi connectivity index (χ1v) is 6.78. The van der Waals surface area contributed by atoms with E-state index in [1.54, 1.807) is 12.1 Å². The molecule has 2 nitrogen and oxygen atoms in total. The summed E-state index contributed by atoms with van der Waals surface area (Å²) in [5.41, 5.74) is 0.939. The van der Waals surface area contributed by atoms with E-state index in [-0.39, 0.29) is 12.4 Å². The standard InChI is InChI=1S/C13H17BrFNO/c14-11-5-4-9(6-12(11)15)7-16-13-3-1-2-10(13)8-17/h4-6,10,13,16-17H,1-3,7-8H2. The first-order valence-electron chi connectivity index (χ1n) is 5.99. The summed E-state index contributed by atoms with van der Waals surface area (Å²) in [7, 11) is 0. The van der Waals surface area contributed by atoms with Gasteiger partial charge < -0.3 is 10.4 Å². The van der Waals surface area contributed by atoms with Crippen LogP contribution in [0.5, 0.6) is 0 Å². The lowest BCUT2D eigenvalue weighted by Gasteiger charge is -2.19. The number of aliphatic hydroxyl groups is 1. The van der Waals surface area contributed by atoms with Crippen LogP contribution in [0.15, 0.2) is 22.7 Å². The summed E-state index contributed by atoms with van der Waals surface area (Å²) in [5, 5.41) is 12.6. The average Bonchev–Trinajstić information content (AvgIpc) is 2.78. The van der Waals surface area contributed by atoms with Crippen molar-refractivity contribution in [2.75, 3.05) is 6.61 Å². The van der Waals surface area contributed by atoms with Crippen LogP contribution in [0.3, 0.4) is 0 Å². The summed E-state index contributed by atoms with van der Waals surface area (Å²) < 4.78 is 13.8. The molecule has 0 heterocycles. The predicted molar refractivity (Wildman–Crippen MR) is 69.2 cm³/mol. The maximum Gasteiger partial charge on any atom is 0.137 e. The van der Waals surface area contributed by atoms with E-state index < -0.39 is 0 Å². The summed E-state index contributed by atoms with van der Waals surface area (Å²) in [4.78, 5) is 0. The minimum Gasteiger partial charge on any atom is -0.396 e. The van der Waals surface area contributed by atoms with Crippen LogP contribution in [0.1, 0.15) is 24.8 Å². The Morgan fingerprint density at radius 3 is 2.94 bits per heavy atom. The molecule has 94 valence electrons. The Labute approximate surface area is 109 Å². The van der Waals surface area contributed by atoms with Crippen LogP contribution in [0.2, 0.25) is 0 Å². The molecular formula is C13H17BrFNO. The molecule has 0 bridgehead atoms. The van der Waals surface area contributed by atoms with E-state index in [0.29, 0.717) is 23.0 Å². The summed E-state index contributed by atoms with van der Waals surface area (Å²) >= 11 is 3.14. The van der Waals surface area contributed by atoms with Crippen molar-refractivity contribution in [2.45, 2.75) is 31.8 Å². The first-order chi connectivity index (χ1) is 8.20. The molecule has 1 fully saturated rings. The minimum atomic E-state index is -0.227. The highest BCUT2D eigenvalue weighted by atomic mass is 79.9. The Kier molecular flexibility index (Phi) is 4.54. The molecule has 0 saturated heterocycles. The van der Waals surface area contributed by atoms with Crippen molar-refractivity contribution in [1.29, 1.82) is 0 Å². The quantitative estimate of drug-likeness (QED) is 0.896. The monoisotopic (exact) mass is 301 g/mol. The molecule has 2 rings (SSSR count). The average molecular weight is 302 g/mol. The van der Waals surface area contributed by atoms with E-state index in [4.69, 9.17) is 0 Å². The lowest BCUT2D eigenvalue weighted by molar-refractivity contribution is 0.205. The van der Waals surface area contributed by atoms with Crippen molar-refractivity contribution in [3.8, 4) is 0 Å². The molecule has 0 radical (unpaired) electrons. The third-order valence-corrected chi connectivity index (χ3v) is 4.09. The molecule has 2 N–H and O–H groups in total. The van der Waals surface area contributed by atoms with Crippen molar-refractivity contribution in [2.24, 2.45) is 5.92 Å². The van der Waals surface area contributed by atoms with Gasteiger partial charge in [0.15, 0.2) is 0 Å². The summed E-state index contributed by atoms with van der Waals surface area (Å²) in [6.45, 7) is 0.901. The van der Waals surface area contributed by atoms with Crippen LogP contribution in [0.4, 0.5) is 4.39 Å². The number of nitrogens with one attached hydrogen (secondary N) is 1. The van der Waals surface area contributed by atoms with Crippen molar-refractivity contribution in [3.05, 3.63) is 34.1 Å². The van der Waals surface area contributed by atoms with E-state index in [1.807, 2.05) is 6.07 Å². The number of hydrogen-bond acceptors (Lipinski definition) is 2. The Bertz CT molecular complexity index is 386. The number of benzene rings is 1. The molecule has 0 aliphatic heterocycles. The number of rotatable bonds is 4. The second-order valence-electron chi connectivity index (χ2n) is 4.61. The Balaban J connectivity index is 1.91. The fourth-order valence-electron chi connectivity index (χ4n) is 2.42. The van der Waals surface area contributed by atoms with Crippen LogP contribution in [0.25, 0.3) is 0 Å². The third-order valence-electron chi connectivity index (χ3n) is 3.45. The van der Waals surface area contributed by atoms with Gasteiger partial charge in [0, 0.05) is 19.2 Å². The van der Waals surface area contributed by atoms with Gasteiger partial charge in [0.05, 0.1) is 4.47 Å². The van der Waals surface area contributed by atoms with E-state index in [9.17, 15) is 9.50 Å². The van der Waals surface area contributed by atoms with E-state index in [0.717, 1.165) is 24.8 Å².